The number of nitrogens with one attached hydrogen (secondary N) is 2. The summed E-state index contributed by atoms with van der Waals surface area (Å²) in [6.07, 6.45) is -2.29. The Balaban J connectivity index is 2.01. The lowest BCUT2D eigenvalue weighted by molar-refractivity contribution is -0.138. The predicted molar refractivity (Wildman–Crippen MR) is 117 cm³/mol. The molecule has 2 amide bonds. The lowest BCUT2D eigenvalue weighted by Gasteiger charge is -2.30. The van der Waals surface area contributed by atoms with Crippen LogP contribution in [0.25, 0.3) is 0 Å². The van der Waals surface area contributed by atoms with Gasteiger partial charge in [0.2, 0.25) is 6.41 Å². The van der Waals surface area contributed by atoms with E-state index in [0.29, 0.717) is 41.5 Å². The van der Waals surface area contributed by atoms with Crippen LogP contribution in [0.15, 0.2) is 40.1 Å². The Kier molecular flexibility index (Phi) is 7.42. The fraction of sp³-hybridized carbons (Fsp3) is 0.333. The summed E-state index contributed by atoms with van der Waals surface area (Å²) in [4.78, 5) is 29.3. The zero-order valence-electron chi connectivity index (χ0n) is 17.9. The number of hydrogen-bond acceptors (Lipinski definition) is 5. The minimum atomic E-state index is -4.52. The van der Waals surface area contributed by atoms with Crippen LogP contribution in [0, 0.1) is 0 Å². The molecule has 0 unspecified atom stereocenters. The maximum Gasteiger partial charge on any atom is 0.416 e. The van der Waals surface area contributed by atoms with Crippen LogP contribution in [-0.2, 0) is 30.5 Å². The van der Waals surface area contributed by atoms with E-state index in [2.05, 4.69) is 20.8 Å². The van der Waals surface area contributed by atoms with Gasteiger partial charge in [-0.3, -0.25) is 9.59 Å². The molecule has 0 atom stereocenters. The second kappa shape index (κ2) is 10.1. The number of hydrogen-bond donors (Lipinski definition) is 2. The van der Waals surface area contributed by atoms with E-state index in [-0.39, 0.29) is 24.5 Å². The Bertz CT molecular complexity index is 1110. The number of allylic oxidation sites excluding steroid dienone is 2. The van der Waals surface area contributed by atoms with E-state index in [1.54, 1.807) is 6.92 Å². The number of imidazole rings is 1. The molecule has 0 bridgehead atoms. The van der Waals surface area contributed by atoms with Crippen molar-refractivity contribution in [3.8, 4) is 0 Å². The van der Waals surface area contributed by atoms with Gasteiger partial charge >= 0.3 is 6.18 Å². The topological polar surface area (TPSA) is 91.6 Å². The van der Waals surface area contributed by atoms with Crippen molar-refractivity contribution in [2.45, 2.75) is 32.6 Å². The molecule has 8 nitrogen and oxygen atoms in total. The molecule has 0 fully saturated rings. The van der Waals surface area contributed by atoms with E-state index in [1.165, 1.54) is 36.0 Å². The van der Waals surface area contributed by atoms with Gasteiger partial charge in [-0.2, -0.15) is 18.3 Å². The van der Waals surface area contributed by atoms with Gasteiger partial charge < -0.3 is 14.8 Å². The maximum absolute atomic E-state index is 13.5. The largest absolute Gasteiger partial charge is 0.416 e. The summed E-state index contributed by atoms with van der Waals surface area (Å²) in [5.41, 5.74) is 3.25. The molecule has 176 valence electrons. The number of hydrazone groups is 1. The van der Waals surface area contributed by atoms with Gasteiger partial charge in [0.15, 0.2) is 5.82 Å². The van der Waals surface area contributed by atoms with Crippen LogP contribution in [-0.4, -0.2) is 46.6 Å². The lowest BCUT2D eigenvalue weighted by atomic mass is 10.1. The van der Waals surface area contributed by atoms with Crippen molar-refractivity contribution in [2.24, 2.45) is 5.10 Å². The first-order valence-corrected chi connectivity index (χ1v) is 10.3. The van der Waals surface area contributed by atoms with Crippen molar-refractivity contribution < 1.29 is 22.8 Å². The van der Waals surface area contributed by atoms with Gasteiger partial charge in [-0.1, -0.05) is 29.8 Å². The van der Waals surface area contributed by atoms with E-state index in [1.807, 2.05) is 4.90 Å². The molecule has 2 aromatic rings. The fourth-order valence-corrected chi connectivity index (χ4v) is 3.89. The summed E-state index contributed by atoms with van der Waals surface area (Å²) in [6.45, 7) is 2.24. The zero-order chi connectivity index (χ0) is 24.2. The molecule has 1 aromatic carbocycles. The third kappa shape index (κ3) is 5.36. The van der Waals surface area contributed by atoms with Crippen molar-refractivity contribution in [3.05, 3.63) is 63.3 Å². The van der Waals surface area contributed by atoms with Gasteiger partial charge in [0.1, 0.15) is 0 Å². The number of alkyl halides is 3. The van der Waals surface area contributed by atoms with E-state index < -0.39 is 17.6 Å². The van der Waals surface area contributed by atoms with Crippen molar-refractivity contribution in [1.82, 2.24) is 25.2 Å². The van der Waals surface area contributed by atoms with Crippen LogP contribution in [0.2, 0.25) is 0 Å². The number of halogens is 4. The van der Waals surface area contributed by atoms with Crippen LogP contribution < -0.4 is 10.7 Å². The maximum atomic E-state index is 13.5. The average Bonchev–Trinajstić information content (AvgIpc) is 3.13. The molecular weight excluding hydrogens is 461 g/mol. The van der Waals surface area contributed by atoms with Crippen LogP contribution in [0.1, 0.15) is 40.1 Å². The molecule has 12 heteroatoms. The summed E-state index contributed by atoms with van der Waals surface area (Å²) in [6, 6.07) is 5.28. The Morgan fingerprint density at radius 3 is 2.70 bits per heavy atom. The molecule has 0 saturated heterocycles. The zero-order valence-corrected chi connectivity index (χ0v) is 18.7. The highest BCUT2D eigenvalue weighted by atomic mass is 35.5. The van der Waals surface area contributed by atoms with Gasteiger partial charge in [0.05, 0.1) is 36.3 Å². The number of carbonyl (C=O) groups is 2. The number of carbonyl (C=O) groups excluding carboxylic acids is 2. The Hall–Kier alpha value is -3.34. The number of fused-ring (bicyclic) bond motifs is 1. The number of aromatic nitrogens is 2. The molecule has 2 heterocycles. The first-order valence-electron chi connectivity index (χ1n) is 9.96. The van der Waals surface area contributed by atoms with Crippen LogP contribution in [0.3, 0.4) is 0 Å². The molecule has 0 spiro atoms. The number of rotatable bonds is 7. The number of nitrogens with zero attached hydrogens (tertiary/aromatic N) is 4. The predicted octanol–water partition coefficient (Wildman–Crippen LogP) is 2.87. The molecule has 0 saturated carbocycles. The van der Waals surface area contributed by atoms with Crippen molar-refractivity contribution >= 4 is 30.1 Å². The third-order valence-corrected chi connectivity index (χ3v) is 5.40. The highest BCUT2D eigenvalue weighted by Gasteiger charge is 2.34. The third-order valence-electron chi connectivity index (χ3n) is 5.20. The molecule has 1 aliphatic rings. The Morgan fingerprint density at radius 2 is 2.06 bits per heavy atom. The first-order chi connectivity index (χ1) is 15.7. The van der Waals surface area contributed by atoms with E-state index in [9.17, 15) is 22.8 Å². The quantitative estimate of drug-likeness (QED) is 0.360. The standard InChI is InChI=1S/C21H22ClF3N6O2/c1-13(22)18(9-27-28-12-32)30-8-7-17-16(11-30)29-19(20(33)26-2)31(17)10-14-5-3-4-6-15(14)21(23,24)25/h3-6,9,12H,7-8,10-11H2,1-2H3,(H,26,33)(H,28,32)/b18-13-,27-9-. The van der Waals surface area contributed by atoms with Gasteiger partial charge in [0, 0.05) is 30.7 Å². The molecule has 0 aliphatic carbocycles. The van der Waals surface area contributed by atoms with Gasteiger partial charge in [0.25, 0.3) is 5.91 Å². The molecule has 0 radical (unpaired) electrons. The monoisotopic (exact) mass is 482 g/mol. The van der Waals surface area contributed by atoms with E-state index in [0.717, 1.165) is 6.07 Å². The molecule has 1 aromatic heterocycles. The number of benzene rings is 1. The van der Waals surface area contributed by atoms with Crippen LogP contribution in [0.4, 0.5) is 13.2 Å². The summed E-state index contributed by atoms with van der Waals surface area (Å²) in [7, 11) is 1.44. The average molecular weight is 483 g/mol. The molecular formula is C21H22ClF3N6O2. The van der Waals surface area contributed by atoms with Gasteiger partial charge in [-0.25, -0.2) is 10.4 Å². The molecule has 1 aliphatic heterocycles. The van der Waals surface area contributed by atoms with Crippen molar-refractivity contribution in [3.63, 3.8) is 0 Å². The smallest absolute Gasteiger partial charge is 0.363 e. The summed E-state index contributed by atoms with van der Waals surface area (Å²) < 4.78 is 42.1. The van der Waals surface area contributed by atoms with Crippen molar-refractivity contribution in [2.75, 3.05) is 13.6 Å². The van der Waals surface area contributed by atoms with Gasteiger partial charge in [-0.15, -0.1) is 0 Å². The highest BCUT2D eigenvalue weighted by molar-refractivity contribution is 6.30. The van der Waals surface area contributed by atoms with E-state index >= 15 is 0 Å². The minimum Gasteiger partial charge on any atom is -0.363 e. The second-order valence-corrected chi connectivity index (χ2v) is 7.81. The summed E-state index contributed by atoms with van der Waals surface area (Å²) in [5, 5.41) is 6.70. The lowest BCUT2D eigenvalue weighted by Crippen LogP contribution is -2.32. The molecule has 3 rings (SSSR count). The normalized spacial score (nSPS) is 14.7. The van der Waals surface area contributed by atoms with Gasteiger partial charge in [-0.05, 0) is 18.6 Å². The van der Waals surface area contributed by atoms with Crippen LogP contribution in [0.5, 0.6) is 0 Å². The number of amides is 2. The first kappa shape index (κ1) is 24.3. The van der Waals surface area contributed by atoms with E-state index in [4.69, 9.17) is 11.6 Å². The second-order valence-electron chi connectivity index (χ2n) is 7.24. The molecule has 33 heavy (non-hydrogen) atoms. The van der Waals surface area contributed by atoms with Crippen LogP contribution >= 0.6 is 11.6 Å². The SMILES string of the molecule is CNC(=O)c1nc2c(n1Cc1ccccc1C(F)(F)F)CCN(C(/C=N\NC=O)=C(/C)Cl)C2. The molecule has 2 N–H and O–H groups in total. The summed E-state index contributed by atoms with van der Waals surface area (Å²) >= 11 is 6.19. The highest BCUT2D eigenvalue weighted by Crippen LogP contribution is 2.33. The summed E-state index contributed by atoms with van der Waals surface area (Å²) in [5.74, 6) is -0.466. The Morgan fingerprint density at radius 1 is 1.33 bits per heavy atom. The Labute approximate surface area is 193 Å². The van der Waals surface area contributed by atoms with Crippen molar-refractivity contribution in [1.29, 1.82) is 0 Å². The minimum absolute atomic E-state index is 0.0331. The fourth-order valence-electron chi connectivity index (χ4n) is 3.73.